The third-order valence-electron chi connectivity index (χ3n) is 2.74. The van der Waals surface area contributed by atoms with Crippen LogP contribution in [0.25, 0.3) is 0 Å². The molecule has 2 rings (SSSR count). The van der Waals surface area contributed by atoms with Crippen molar-refractivity contribution in [2.45, 2.75) is 13.3 Å². The van der Waals surface area contributed by atoms with Gasteiger partial charge in [0.25, 0.3) is 0 Å². The fourth-order valence-corrected chi connectivity index (χ4v) is 2.41. The number of nitrogens with zero attached hydrogens (tertiary/aromatic N) is 2. The van der Waals surface area contributed by atoms with Gasteiger partial charge in [0.2, 0.25) is 5.91 Å². The van der Waals surface area contributed by atoms with Crippen molar-refractivity contribution in [1.29, 1.82) is 0 Å². The zero-order chi connectivity index (χ0) is 11.7. The standard InChI is InChI=1S/C11H12BrClN2O/c1-7-10(3-9(12)5-14-7)15-6-8(4-13)2-11(15)16/h3,5,8H,2,4,6H2,1H3. The van der Waals surface area contributed by atoms with E-state index in [1.165, 1.54) is 0 Å². The fraction of sp³-hybridized carbons (Fsp3) is 0.455. The lowest BCUT2D eigenvalue weighted by Crippen LogP contribution is -2.25. The minimum Gasteiger partial charge on any atom is -0.310 e. The third kappa shape index (κ3) is 2.23. The summed E-state index contributed by atoms with van der Waals surface area (Å²) in [6.45, 7) is 2.60. The van der Waals surface area contributed by atoms with E-state index in [4.69, 9.17) is 11.6 Å². The molecule has 1 unspecified atom stereocenters. The van der Waals surface area contributed by atoms with Crippen LogP contribution in [0.3, 0.4) is 0 Å². The summed E-state index contributed by atoms with van der Waals surface area (Å²) in [4.78, 5) is 17.8. The minimum atomic E-state index is 0.133. The molecule has 0 bridgehead atoms. The number of pyridine rings is 1. The Balaban J connectivity index is 2.30. The van der Waals surface area contributed by atoms with Crippen LogP contribution >= 0.6 is 27.5 Å². The summed E-state index contributed by atoms with van der Waals surface area (Å²) in [6.07, 6.45) is 2.27. The molecular formula is C11H12BrClN2O. The molecule has 16 heavy (non-hydrogen) atoms. The van der Waals surface area contributed by atoms with Crippen LogP contribution in [0.2, 0.25) is 0 Å². The van der Waals surface area contributed by atoms with Gasteiger partial charge in [0.1, 0.15) is 0 Å². The number of aromatic nitrogens is 1. The molecule has 5 heteroatoms. The maximum Gasteiger partial charge on any atom is 0.227 e. The predicted molar refractivity (Wildman–Crippen MR) is 67.9 cm³/mol. The highest BCUT2D eigenvalue weighted by atomic mass is 79.9. The van der Waals surface area contributed by atoms with E-state index in [1.807, 2.05) is 13.0 Å². The summed E-state index contributed by atoms with van der Waals surface area (Å²) in [5.74, 6) is 0.920. The number of aryl methyl sites for hydroxylation is 1. The molecule has 0 radical (unpaired) electrons. The van der Waals surface area contributed by atoms with E-state index >= 15 is 0 Å². The third-order valence-corrected chi connectivity index (χ3v) is 3.61. The molecule has 1 aliphatic rings. The van der Waals surface area contributed by atoms with Crippen LogP contribution in [0.1, 0.15) is 12.1 Å². The van der Waals surface area contributed by atoms with Crippen molar-refractivity contribution in [2.75, 3.05) is 17.3 Å². The summed E-state index contributed by atoms with van der Waals surface area (Å²) < 4.78 is 0.884. The Kier molecular flexibility index (Phi) is 3.50. The zero-order valence-electron chi connectivity index (χ0n) is 8.91. The van der Waals surface area contributed by atoms with E-state index in [0.717, 1.165) is 15.9 Å². The summed E-state index contributed by atoms with van der Waals surface area (Å²) in [5.41, 5.74) is 1.75. The molecule has 3 nitrogen and oxygen atoms in total. The van der Waals surface area contributed by atoms with Crippen LogP contribution in [-0.2, 0) is 4.79 Å². The molecular weight excluding hydrogens is 291 g/mol. The van der Waals surface area contributed by atoms with Crippen LogP contribution in [0.4, 0.5) is 5.69 Å². The van der Waals surface area contributed by atoms with Gasteiger partial charge in [0, 0.05) is 29.5 Å². The molecule has 1 amide bonds. The second-order valence-corrected chi connectivity index (χ2v) is 5.21. The summed E-state index contributed by atoms with van der Waals surface area (Å²) in [7, 11) is 0. The lowest BCUT2D eigenvalue weighted by Gasteiger charge is -2.18. The molecule has 1 aromatic heterocycles. The average Bonchev–Trinajstić information content (AvgIpc) is 2.63. The predicted octanol–water partition coefficient (Wildman–Crippen LogP) is 2.74. The van der Waals surface area contributed by atoms with Gasteiger partial charge in [-0.25, -0.2) is 0 Å². The maximum absolute atomic E-state index is 11.8. The molecule has 1 aromatic rings. The summed E-state index contributed by atoms with van der Waals surface area (Å²) in [5, 5.41) is 0. The molecule has 86 valence electrons. The largest absolute Gasteiger partial charge is 0.310 e. The Morgan fingerprint density at radius 1 is 1.69 bits per heavy atom. The van der Waals surface area contributed by atoms with E-state index in [1.54, 1.807) is 11.1 Å². The van der Waals surface area contributed by atoms with Crippen molar-refractivity contribution in [3.8, 4) is 0 Å². The number of amides is 1. The molecule has 1 aliphatic heterocycles. The number of hydrogen-bond donors (Lipinski definition) is 0. The van der Waals surface area contributed by atoms with Gasteiger partial charge in [-0.15, -0.1) is 11.6 Å². The highest BCUT2D eigenvalue weighted by Crippen LogP contribution is 2.29. The van der Waals surface area contributed by atoms with E-state index < -0.39 is 0 Å². The van der Waals surface area contributed by atoms with Crippen molar-refractivity contribution in [3.05, 3.63) is 22.4 Å². The monoisotopic (exact) mass is 302 g/mol. The van der Waals surface area contributed by atoms with Crippen LogP contribution in [-0.4, -0.2) is 23.3 Å². The van der Waals surface area contributed by atoms with Crippen LogP contribution in [0.5, 0.6) is 0 Å². The van der Waals surface area contributed by atoms with Gasteiger partial charge in [-0.2, -0.15) is 0 Å². The maximum atomic E-state index is 11.8. The minimum absolute atomic E-state index is 0.133. The second kappa shape index (κ2) is 4.72. The molecule has 2 heterocycles. The average molecular weight is 304 g/mol. The molecule has 0 saturated carbocycles. The Labute approximate surface area is 108 Å². The summed E-state index contributed by atoms with van der Waals surface area (Å²) >= 11 is 9.16. The quantitative estimate of drug-likeness (QED) is 0.787. The van der Waals surface area contributed by atoms with E-state index in [9.17, 15) is 4.79 Å². The van der Waals surface area contributed by atoms with Crippen LogP contribution in [0, 0.1) is 12.8 Å². The van der Waals surface area contributed by atoms with E-state index in [-0.39, 0.29) is 11.8 Å². The Morgan fingerprint density at radius 2 is 2.44 bits per heavy atom. The molecule has 0 aromatic carbocycles. The zero-order valence-corrected chi connectivity index (χ0v) is 11.3. The topological polar surface area (TPSA) is 33.2 Å². The summed E-state index contributed by atoms with van der Waals surface area (Å²) in [6, 6.07) is 1.93. The second-order valence-electron chi connectivity index (χ2n) is 3.99. The van der Waals surface area contributed by atoms with Gasteiger partial charge < -0.3 is 4.90 Å². The lowest BCUT2D eigenvalue weighted by atomic mass is 10.1. The smallest absolute Gasteiger partial charge is 0.227 e. The van der Waals surface area contributed by atoms with Crippen molar-refractivity contribution in [1.82, 2.24) is 4.98 Å². The van der Waals surface area contributed by atoms with Gasteiger partial charge in [0.15, 0.2) is 0 Å². The first-order valence-corrected chi connectivity index (χ1v) is 6.43. The van der Waals surface area contributed by atoms with Crippen molar-refractivity contribution in [2.24, 2.45) is 5.92 Å². The molecule has 0 aliphatic carbocycles. The normalized spacial score (nSPS) is 20.6. The van der Waals surface area contributed by atoms with Crippen molar-refractivity contribution in [3.63, 3.8) is 0 Å². The fourth-order valence-electron chi connectivity index (χ4n) is 1.89. The number of carbonyl (C=O) groups excluding carboxylic acids is 1. The molecule has 1 fully saturated rings. The highest BCUT2D eigenvalue weighted by molar-refractivity contribution is 9.10. The molecule has 1 atom stereocenters. The number of halogens is 2. The Morgan fingerprint density at radius 3 is 3.06 bits per heavy atom. The molecule has 0 N–H and O–H groups in total. The first kappa shape index (κ1) is 11.9. The van der Waals surface area contributed by atoms with Crippen molar-refractivity contribution < 1.29 is 4.79 Å². The van der Waals surface area contributed by atoms with Gasteiger partial charge in [-0.1, -0.05) is 0 Å². The first-order chi connectivity index (χ1) is 7.61. The number of alkyl halides is 1. The Bertz CT molecular complexity index is 424. The van der Waals surface area contributed by atoms with Gasteiger partial charge >= 0.3 is 0 Å². The number of carbonyl (C=O) groups is 1. The first-order valence-electron chi connectivity index (χ1n) is 5.10. The van der Waals surface area contributed by atoms with E-state index in [0.29, 0.717) is 18.8 Å². The lowest BCUT2D eigenvalue weighted by molar-refractivity contribution is -0.117. The molecule has 0 spiro atoms. The Hall–Kier alpha value is -0.610. The van der Waals surface area contributed by atoms with E-state index in [2.05, 4.69) is 20.9 Å². The van der Waals surface area contributed by atoms with Gasteiger partial charge in [0.05, 0.1) is 11.4 Å². The number of rotatable bonds is 2. The number of hydrogen-bond acceptors (Lipinski definition) is 2. The number of anilines is 1. The highest BCUT2D eigenvalue weighted by Gasteiger charge is 2.30. The van der Waals surface area contributed by atoms with Crippen LogP contribution in [0.15, 0.2) is 16.7 Å². The van der Waals surface area contributed by atoms with Gasteiger partial charge in [-0.3, -0.25) is 9.78 Å². The molecule has 1 saturated heterocycles. The van der Waals surface area contributed by atoms with Crippen LogP contribution < -0.4 is 4.90 Å². The van der Waals surface area contributed by atoms with Crippen molar-refractivity contribution >= 4 is 39.1 Å². The SMILES string of the molecule is Cc1ncc(Br)cc1N1CC(CCl)CC1=O. The van der Waals surface area contributed by atoms with Gasteiger partial charge in [-0.05, 0) is 34.8 Å².